The van der Waals surface area contributed by atoms with E-state index in [2.05, 4.69) is 6.92 Å². The predicted molar refractivity (Wildman–Crippen MR) is 86.2 cm³/mol. The zero-order chi connectivity index (χ0) is 15.3. The Kier molecular flexibility index (Phi) is 10.6. The van der Waals surface area contributed by atoms with E-state index in [1.165, 1.54) is 57.8 Å². The lowest BCUT2D eigenvalue weighted by Gasteiger charge is -2.26. The zero-order valence-electron chi connectivity index (χ0n) is 13.8. The first-order valence-corrected chi connectivity index (χ1v) is 9.11. The Labute approximate surface area is 130 Å². The van der Waals surface area contributed by atoms with E-state index in [4.69, 9.17) is 4.74 Å². The molecule has 1 fully saturated rings. The Bertz CT molecular complexity index is 265. The number of carbonyl (C=O) groups excluding carboxylic acids is 1. The minimum Gasteiger partial charge on any atom is -0.460 e. The van der Waals surface area contributed by atoms with Crippen LogP contribution in [0.4, 0.5) is 0 Å². The minimum absolute atomic E-state index is 0.145. The normalized spacial score (nSPS) is 20.3. The number of esters is 1. The molecule has 0 bridgehead atoms. The lowest BCUT2D eigenvalue weighted by atomic mass is 9.98. The van der Waals surface area contributed by atoms with Crippen molar-refractivity contribution in [2.75, 3.05) is 0 Å². The van der Waals surface area contributed by atoms with Crippen molar-refractivity contribution in [3.05, 3.63) is 0 Å². The first-order chi connectivity index (χ1) is 10.2. The van der Waals surface area contributed by atoms with Crippen LogP contribution in [0, 0.1) is 0 Å². The molecule has 0 amide bonds. The van der Waals surface area contributed by atoms with E-state index in [1.54, 1.807) is 0 Å². The topological polar surface area (TPSA) is 46.5 Å². The van der Waals surface area contributed by atoms with E-state index in [1.807, 2.05) is 0 Å². The maximum Gasteiger partial charge on any atom is 0.306 e. The second-order valence-corrected chi connectivity index (χ2v) is 6.46. The molecule has 0 aromatic carbocycles. The largest absolute Gasteiger partial charge is 0.460 e. The summed E-state index contributed by atoms with van der Waals surface area (Å²) in [5, 5.41) is 10.0. The number of unbranched alkanes of at least 4 members (excludes halogenated alkanes) is 9. The Hall–Kier alpha value is -0.570. The number of rotatable bonds is 12. The highest BCUT2D eigenvalue weighted by Crippen LogP contribution is 2.20. The molecule has 0 unspecified atom stereocenters. The molecule has 1 saturated heterocycles. The Morgan fingerprint density at radius 3 is 2.19 bits per heavy atom. The van der Waals surface area contributed by atoms with Gasteiger partial charge in [0.05, 0.1) is 6.10 Å². The van der Waals surface area contributed by atoms with Gasteiger partial charge in [-0.3, -0.25) is 4.79 Å². The second kappa shape index (κ2) is 12.0. The van der Waals surface area contributed by atoms with E-state index in [0.29, 0.717) is 6.42 Å². The standard InChI is InChI=1S/C18H34O3/c1-2-3-4-5-6-7-8-9-10-11-13-16(19)17-14-12-15-18(20)21-17/h16-17,19H,2-15H2,1H3/t16-,17+/m1/s1. The number of aliphatic hydroxyl groups excluding tert-OH is 1. The molecule has 3 nitrogen and oxygen atoms in total. The lowest BCUT2D eigenvalue weighted by molar-refractivity contribution is -0.161. The third-order valence-electron chi connectivity index (χ3n) is 4.43. The fourth-order valence-corrected chi connectivity index (χ4v) is 3.03. The predicted octanol–water partition coefficient (Wildman–Crippen LogP) is 4.75. The van der Waals surface area contributed by atoms with Gasteiger partial charge in [-0.2, -0.15) is 0 Å². The van der Waals surface area contributed by atoms with Gasteiger partial charge in [0.2, 0.25) is 0 Å². The molecule has 124 valence electrons. The van der Waals surface area contributed by atoms with Crippen LogP contribution in [0.25, 0.3) is 0 Å². The molecule has 0 aliphatic carbocycles. The highest BCUT2D eigenvalue weighted by molar-refractivity contribution is 5.70. The summed E-state index contributed by atoms with van der Waals surface area (Å²) in [6, 6.07) is 0. The van der Waals surface area contributed by atoms with Crippen molar-refractivity contribution in [1.29, 1.82) is 0 Å². The van der Waals surface area contributed by atoms with Gasteiger partial charge in [0.15, 0.2) is 0 Å². The SMILES string of the molecule is CCCCCCCCCCCC[C@@H](O)[C@@H]1CCCC(=O)O1. The van der Waals surface area contributed by atoms with Crippen molar-refractivity contribution < 1.29 is 14.6 Å². The van der Waals surface area contributed by atoms with Gasteiger partial charge in [0.25, 0.3) is 0 Å². The number of cyclic esters (lactones) is 1. The summed E-state index contributed by atoms with van der Waals surface area (Å²) < 4.78 is 5.20. The summed E-state index contributed by atoms with van der Waals surface area (Å²) in [5.74, 6) is -0.145. The minimum atomic E-state index is -0.455. The van der Waals surface area contributed by atoms with Crippen molar-refractivity contribution in [2.45, 2.75) is 109 Å². The molecule has 0 spiro atoms. The van der Waals surface area contributed by atoms with E-state index >= 15 is 0 Å². The van der Waals surface area contributed by atoms with Crippen molar-refractivity contribution in [1.82, 2.24) is 0 Å². The summed E-state index contributed by atoms with van der Waals surface area (Å²) >= 11 is 0. The molecular weight excluding hydrogens is 264 g/mol. The van der Waals surface area contributed by atoms with Crippen LogP contribution in [0.5, 0.6) is 0 Å². The number of carbonyl (C=O) groups is 1. The average molecular weight is 298 g/mol. The van der Waals surface area contributed by atoms with Gasteiger partial charge in [-0.25, -0.2) is 0 Å². The first-order valence-electron chi connectivity index (χ1n) is 9.11. The second-order valence-electron chi connectivity index (χ2n) is 6.46. The van der Waals surface area contributed by atoms with Crippen molar-refractivity contribution in [3.63, 3.8) is 0 Å². The quantitative estimate of drug-likeness (QED) is 0.417. The molecule has 3 heteroatoms. The maximum atomic E-state index is 11.2. The molecule has 1 aliphatic heterocycles. The average Bonchev–Trinajstić information content (AvgIpc) is 2.49. The number of hydrogen-bond acceptors (Lipinski definition) is 3. The monoisotopic (exact) mass is 298 g/mol. The van der Waals surface area contributed by atoms with Crippen LogP contribution < -0.4 is 0 Å². The lowest BCUT2D eigenvalue weighted by Crippen LogP contribution is -2.34. The Morgan fingerprint density at radius 2 is 1.62 bits per heavy atom. The van der Waals surface area contributed by atoms with Gasteiger partial charge in [-0.05, 0) is 19.3 Å². The highest BCUT2D eigenvalue weighted by atomic mass is 16.6. The van der Waals surface area contributed by atoms with Crippen molar-refractivity contribution >= 4 is 5.97 Å². The van der Waals surface area contributed by atoms with Gasteiger partial charge in [0, 0.05) is 6.42 Å². The molecule has 0 aromatic heterocycles. The van der Waals surface area contributed by atoms with Gasteiger partial charge < -0.3 is 9.84 Å². The van der Waals surface area contributed by atoms with Crippen LogP contribution in [0.2, 0.25) is 0 Å². The van der Waals surface area contributed by atoms with E-state index in [0.717, 1.165) is 25.7 Å². The van der Waals surface area contributed by atoms with Gasteiger partial charge in [0.1, 0.15) is 6.10 Å². The molecule has 0 radical (unpaired) electrons. The van der Waals surface area contributed by atoms with Crippen LogP contribution in [0.1, 0.15) is 96.8 Å². The smallest absolute Gasteiger partial charge is 0.306 e. The molecule has 0 saturated carbocycles. The number of ether oxygens (including phenoxy) is 1. The van der Waals surface area contributed by atoms with Crippen LogP contribution >= 0.6 is 0 Å². The van der Waals surface area contributed by atoms with E-state index in [9.17, 15) is 9.90 Å². The third kappa shape index (κ3) is 9.13. The number of hydrogen-bond donors (Lipinski definition) is 1. The van der Waals surface area contributed by atoms with Crippen LogP contribution in [0.15, 0.2) is 0 Å². The van der Waals surface area contributed by atoms with Crippen LogP contribution in [0.3, 0.4) is 0 Å². The summed E-state index contributed by atoms with van der Waals surface area (Å²) in [6.07, 6.45) is 15.3. The summed E-state index contributed by atoms with van der Waals surface area (Å²) in [6.45, 7) is 2.25. The summed E-state index contributed by atoms with van der Waals surface area (Å²) in [7, 11) is 0. The third-order valence-corrected chi connectivity index (χ3v) is 4.43. The molecule has 1 N–H and O–H groups in total. The van der Waals surface area contributed by atoms with Gasteiger partial charge >= 0.3 is 5.97 Å². The Morgan fingerprint density at radius 1 is 1.05 bits per heavy atom. The molecule has 1 aliphatic rings. The summed E-state index contributed by atoms with van der Waals surface area (Å²) in [5.41, 5.74) is 0. The van der Waals surface area contributed by atoms with E-state index in [-0.39, 0.29) is 12.1 Å². The van der Waals surface area contributed by atoms with Crippen LogP contribution in [-0.2, 0) is 9.53 Å². The highest BCUT2D eigenvalue weighted by Gasteiger charge is 2.26. The van der Waals surface area contributed by atoms with Gasteiger partial charge in [-0.15, -0.1) is 0 Å². The fraction of sp³-hybridized carbons (Fsp3) is 0.944. The molecule has 21 heavy (non-hydrogen) atoms. The summed E-state index contributed by atoms with van der Waals surface area (Å²) in [4.78, 5) is 11.2. The van der Waals surface area contributed by atoms with Crippen molar-refractivity contribution in [3.8, 4) is 0 Å². The first kappa shape index (κ1) is 18.5. The fourth-order valence-electron chi connectivity index (χ4n) is 3.03. The molecule has 0 aromatic rings. The molecule has 1 rings (SSSR count). The maximum absolute atomic E-state index is 11.2. The van der Waals surface area contributed by atoms with E-state index < -0.39 is 6.10 Å². The van der Waals surface area contributed by atoms with Crippen molar-refractivity contribution in [2.24, 2.45) is 0 Å². The molecular formula is C18H34O3. The molecule has 1 heterocycles. The number of aliphatic hydroxyl groups is 1. The van der Waals surface area contributed by atoms with Crippen LogP contribution in [-0.4, -0.2) is 23.3 Å². The zero-order valence-corrected chi connectivity index (χ0v) is 13.8. The Balaban J connectivity index is 1.88. The molecule has 2 atom stereocenters. The van der Waals surface area contributed by atoms with Gasteiger partial charge in [-0.1, -0.05) is 71.1 Å².